The topological polar surface area (TPSA) is 108 Å². The van der Waals surface area contributed by atoms with Crippen molar-refractivity contribution in [3.8, 4) is 0 Å². The average Bonchev–Trinajstić information content (AvgIpc) is 2.62. The van der Waals surface area contributed by atoms with Crippen LogP contribution in [0.4, 0.5) is 0 Å². The molecule has 6 nitrogen and oxygen atoms in total. The normalized spacial score (nSPS) is 13.2. The fourth-order valence-electron chi connectivity index (χ4n) is 1.03. The zero-order valence-corrected chi connectivity index (χ0v) is 10.7. The van der Waals surface area contributed by atoms with E-state index < -0.39 is 23.5 Å². The molecule has 1 rings (SSSR count). The maximum atomic E-state index is 11.6. The van der Waals surface area contributed by atoms with Crippen LogP contribution in [0.2, 0.25) is 0 Å². The number of nitrogens with two attached hydrogens (primary N) is 2. The van der Waals surface area contributed by atoms with Gasteiger partial charge in [0.15, 0.2) is 5.01 Å². The van der Waals surface area contributed by atoms with Gasteiger partial charge in [-0.3, -0.25) is 4.79 Å². The van der Waals surface area contributed by atoms with Gasteiger partial charge in [-0.15, -0.1) is 11.3 Å². The van der Waals surface area contributed by atoms with E-state index in [0.29, 0.717) is 0 Å². The second kappa shape index (κ2) is 4.80. The molecule has 0 spiro atoms. The van der Waals surface area contributed by atoms with E-state index >= 15 is 0 Å². The van der Waals surface area contributed by atoms with Gasteiger partial charge in [0, 0.05) is 5.38 Å². The summed E-state index contributed by atoms with van der Waals surface area (Å²) in [6.07, 6.45) is 0. The minimum Gasteiger partial charge on any atom is -0.459 e. The number of rotatable bonds is 3. The molecule has 94 valence electrons. The van der Waals surface area contributed by atoms with Crippen LogP contribution in [0.3, 0.4) is 0 Å². The van der Waals surface area contributed by atoms with Gasteiger partial charge in [0.25, 0.3) is 5.91 Å². The van der Waals surface area contributed by atoms with E-state index in [-0.39, 0.29) is 10.7 Å². The number of thiazole rings is 1. The van der Waals surface area contributed by atoms with Crippen LogP contribution in [0.15, 0.2) is 5.38 Å². The van der Waals surface area contributed by atoms with Gasteiger partial charge in [-0.05, 0) is 20.8 Å². The quantitative estimate of drug-likeness (QED) is 0.770. The number of aromatic nitrogens is 1. The largest absolute Gasteiger partial charge is 0.459 e. The van der Waals surface area contributed by atoms with Gasteiger partial charge < -0.3 is 16.2 Å². The first-order valence-corrected chi connectivity index (χ1v) is 5.82. The first-order valence-electron chi connectivity index (χ1n) is 4.94. The molecule has 0 aliphatic heterocycles. The lowest BCUT2D eigenvalue weighted by molar-refractivity contribution is -0.156. The van der Waals surface area contributed by atoms with Crippen LogP contribution in [-0.2, 0) is 9.53 Å². The number of amides is 1. The van der Waals surface area contributed by atoms with Crippen LogP contribution in [0.5, 0.6) is 0 Å². The predicted octanol–water partition coefficient (Wildman–Crippen LogP) is 0.584. The van der Waals surface area contributed by atoms with Gasteiger partial charge in [-0.25, -0.2) is 9.78 Å². The number of ether oxygens (including phenoxy) is 1. The molecule has 0 saturated heterocycles. The maximum absolute atomic E-state index is 11.6. The molecule has 1 heterocycles. The van der Waals surface area contributed by atoms with E-state index in [1.807, 2.05) is 0 Å². The Morgan fingerprint density at radius 1 is 1.47 bits per heavy atom. The van der Waals surface area contributed by atoms with E-state index in [4.69, 9.17) is 16.2 Å². The SMILES string of the molecule is CC(C)(C)OC(=O)C(N)c1csc(C(N)=O)n1. The second-order valence-corrected chi connectivity index (χ2v) is 5.31. The minimum absolute atomic E-state index is 0.124. The van der Waals surface area contributed by atoms with E-state index in [0.717, 1.165) is 11.3 Å². The lowest BCUT2D eigenvalue weighted by Gasteiger charge is -2.21. The molecule has 1 aromatic rings. The van der Waals surface area contributed by atoms with E-state index in [1.54, 1.807) is 20.8 Å². The maximum Gasteiger partial charge on any atom is 0.329 e. The van der Waals surface area contributed by atoms with Crippen molar-refractivity contribution in [2.24, 2.45) is 11.5 Å². The molecule has 4 N–H and O–H groups in total. The monoisotopic (exact) mass is 257 g/mol. The van der Waals surface area contributed by atoms with Crippen LogP contribution in [0, 0.1) is 0 Å². The Hall–Kier alpha value is -1.47. The van der Waals surface area contributed by atoms with Crippen LogP contribution >= 0.6 is 11.3 Å². The summed E-state index contributed by atoms with van der Waals surface area (Å²) in [5.74, 6) is -1.23. The number of esters is 1. The summed E-state index contributed by atoms with van der Waals surface area (Å²) in [4.78, 5) is 26.4. The smallest absolute Gasteiger partial charge is 0.329 e. The zero-order valence-electron chi connectivity index (χ0n) is 9.89. The number of carbonyl (C=O) groups excluding carboxylic acids is 2. The molecule has 0 aliphatic rings. The van der Waals surface area contributed by atoms with Crippen LogP contribution in [0.1, 0.15) is 42.3 Å². The second-order valence-electron chi connectivity index (χ2n) is 4.45. The molecular formula is C10H15N3O3S. The Labute approximate surface area is 103 Å². The van der Waals surface area contributed by atoms with Crippen molar-refractivity contribution in [1.29, 1.82) is 0 Å². The van der Waals surface area contributed by atoms with E-state index in [2.05, 4.69) is 4.98 Å². The van der Waals surface area contributed by atoms with Crippen LogP contribution < -0.4 is 11.5 Å². The first kappa shape index (κ1) is 13.6. The highest BCUT2D eigenvalue weighted by atomic mass is 32.1. The van der Waals surface area contributed by atoms with Crippen molar-refractivity contribution in [3.63, 3.8) is 0 Å². The molecule has 0 aromatic carbocycles. The summed E-state index contributed by atoms with van der Waals surface area (Å²) >= 11 is 1.05. The number of carbonyl (C=O) groups is 2. The standard InChI is InChI=1S/C10H15N3O3S/c1-10(2,3)16-9(15)6(11)5-4-17-8(13-5)7(12)14/h4,6H,11H2,1-3H3,(H2,12,14). The number of nitrogens with zero attached hydrogens (tertiary/aromatic N) is 1. The van der Waals surface area contributed by atoms with E-state index in [9.17, 15) is 9.59 Å². The van der Waals surface area contributed by atoms with Gasteiger partial charge in [0.1, 0.15) is 11.6 Å². The highest BCUT2D eigenvalue weighted by Crippen LogP contribution is 2.18. The van der Waals surface area contributed by atoms with Crippen molar-refractivity contribution in [1.82, 2.24) is 4.98 Å². The third-order valence-corrected chi connectivity index (χ3v) is 2.59. The Morgan fingerprint density at radius 2 is 2.06 bits per heavy atom. The lowest BCUT2D eigenvalue weighted by Crippen LogP contribution is -2.31. The fourth-order valence-corrected chi connectivity index (χ4v) is 1.73. The van der Waals surface area contributed by atoms with Gasteiger partial charge in [-0.2, -0.15) is 0 Å². The van der Waals surface area contributed by atoms with E-state index in [1.165, 1.54) is 5.38 Å². The van der Waals surface area contributed by atoms with Crippen molar-refractivity contribution >= 4 is 23.2 Å². The highest BCUT2D eigenvalue weighted by molar-refractivity contribution is 7.11. The van der Waals surface area contributed by atoms with Crippen molar-refractivity contribution in [2.75, 3.05) is 0 Å². The molecule has 1 unspecified atom stereocenters. The first-order chi connectivity index (χ1) is 7.70. The third-order valence-electron chi connectivity index (χ3n) is 1.71. The van der Waals surface area contributed by atoms with Gasteiger partial charge in [0.2, 0.25) is 0 Å². The van der Waals surface area contributed by atoms with Gasteiger partial charge in [0.05, 0.1) is 5.69 Å². The molecule has 0 bridgehead atoms. The fraction of sp³-hybridized carbons (Fsp3) is 0.500. The van der Waals surface area contributed by atoms with Crippen molar-refractivity contribution in [3.05, 3.63) is 16.1 Å². The molecule has 0 fully saturated rings. The van der Waals surface area contributed by atoms with Crippen LogP contribution in [0.25, 0.3) is 0 Å². The molecule has 0 saturated carbocycles. The Bertz CT molecular complexity index is 436. The molecule has 0 aliphatic carbocycles. The third kappa shape index (κ3) is 3.79. The lowest BCUT2D eigenvalue weighted by atomic mass is 10.2. The zero-order chi connectivity index (χ0) is 13.2. The summed E-state index contributed by atoms with van der Waals surface area (Å²) in [5, 5.41) is 1.65. The molecule has 1 atom stereocenters. The summed E-state index contributed by atoms with van der Waals surface area (Å²) in [7, 11) is 0. The number of primary amides is 1. The van der Waals surface area contributed by atoms with Crippen molar-refractivity contribution < 1.29 is 14.3 Å². The van der Waals surface area contributed by atoms with Gasteiger partial charge in [-0.1, -0.05) is 0 Å². The Kier molecular flexibility index (Phi) is 3.84. The molecule has 7 heteroatoms. The highest BCUT2D eigenvalue weighted by Gasteiger charge is 2.25. The summed E-state index contributed by atoms with van der Waals surface area (Å²) in [5.41, 5.74) is 10.4. The molecule has 0 radical (unpaired) electrons. The molecular weight excluding hydrogens is 242 g/mol. The summed E-state index contributed by atoms with van der Waals surface area (Å²) < 4.78 is 5.11. The average molecular weight is 257 g/mol. The van der Waals surface area contributed by atoms with Crippen molar-refractivity contribution in [2.45, 2.75) is 32.4 Å². The summed E-state index contributed by atoms with van der Waals surface area (Å²) in [6, 6.07) is -1.00. The van der Waals surface area contributed by atoms with Gasteiger partial charge >= 0.3 is 5.97 Å². The molecule has 1 amide bonds. The number of hydrogen-bond acceptors (Lipinski definition) is 6. The molecule has 17 heavy (non-hydrogen) atoms. The molecule has 1 aromatic heterocycles. The Balaban J connectivity index is 2.78. The predicted molar refractivity (Wildman–Crippen MR) is 63.4 cm³/mol. The Morgan fingerprint density at radius 3 is 2.47 bits per heavy atom. The van der Waals surface area contributed by atoms with Crippen LogP contribution in [-0.4, -0.2) is 22.5 Å². The minimum atomic E-state index is -1.00. The summed E-state index contributed by atoms with van der Waals surface area (Å²) in [6.45, 7) is 5.23. The number of hydrogen-bond donors (Lipinski definition) is 2.